The molecule has 2 amide bonds. The van der Waals surface area contributed by atoms with Crippen LogP contribution in [0.2, 0.25) is 0 Å². The maximum absolute atomic E-state index is 12.7. The molecule has 1 heterocycles. The van der Waals surface area contributed by atoms with Gasteiger partial charge in [0.2, 0.25) is 11.8 Å². The van der Waals surface area contributed by atoms with E-state index in [1.54, 1.807) is 0 Å². The average Bonchev–Trinajstić information content (AvgIpc) is 3.47. The van der Waals surface area contributed by atoms with Gasteiger partial charge in [-0.25, -0.2) is 0 Å². The molecule has 1 saturated heterocycles. The summed E-state index contributed by atoms with van der Waals surface area (Å²) in [5.74, 6) is 0.920. The predicted molar refractivity (Wildman–Crippen MR) is 104 cm³/mol. The summed E-state index contributed by atoms with van der Waals surface area (Å²) in [5.41, 5.74) is 1.39. The first-order chi connectivity index (χ1) is 12.6. The Bertz CT molecular complexity index is 608. The van der Waals surface area contributed by atoms with Crippen LogP contribution in [-0.2, 0) is 16.0 Å². The summed E-state index contributed by atoms with van der Waals surface area (Å²) in [5, 5.41) is 0. The van der Waals surface area contributed by atoms with E-state index in [1.165, 1.54) is 5.56 Å². The lowest BCUT2D eigenvalue weighted by Gasteiger charge is -2.32. The quantitative estimate of drug-likeness (QED) is 0.752. The zero-order valence-electron chi connectivity index (χ0n) is 16.2. The molecule has 0 radical (unpaired) electrons. The zero-order valence-corrected chi connectivity index (χ0v) is 16.2. The van der Waals surface area contributed by atoms with Crippen LogP contribution in [-0.4, -0.2) is 48.3 Å². The van der Waals surface area contributed by atoms with Crippen molar-refractivity contribution in [1.82, 2.24) is 9.80 Å². The number of nitrogens with zero attached hydrogens (tertiary/aromatic N) is 2. The molecule has 1 saturated carbocycles. The summed E-state index contributed by atoms with van der Waals surface area (Å²) in [6.07, 6.45) is 6.11. The van der Waals surface area contributed by atoms with Gasteiger partial charge in [-0.2, -0.15) is 0 Å². The molecule has 2 unspecified atom stereocenters. The van der Waals surface area contributed by atoms with Crippen LogP contribution in [0.5, 0.6) is 0 Å². The standard InChI is InChI=1S/C22H32N2O2/c1-3-4-12-23(2)21(25)19-16-20(19)22(26)24-13-10-18(11-14-24)15-17-8-6-5-7-9-17/h5-9,18-20H,3-4,10-16H2,1-2H3. The van der Waals surface area contributed by atoms with E-state index in [9.17, 15) is 9.59 Å². The number of likely N-dealkylation sites (tertiary alicyclic amines) is 1. The fourth-order valence-electron chi connectivity index (χ4n) is 4.07. The Morgan fingerprint density at radius 1 is 1.12 bits per heavy atom. The van der Waals surface area contributed by atoms with E-state index >= 15 is 0 Å². The van der Waals surface area contributed by atoms with Crippen molar-refractivity contribution in [1.29, 1.82) is 0 Å². The molecule has 1 aliphatic heterocycles. The van der Waals surface area contributed by atoms with Gasteiger partial charge in [-0.15, -0.1) is 0 Å². The number of unbranched alkanes of at least 4 members (excludes halogenated alkanes) is 1. The highest BCUT2D eigenvalue weighted by atomic mass is 16.2. The van der Waals surface area contributed by atoms with Crippen LogP contribution in [0.25, 0.3) is 0 Å². The van der Waals surface area contributed by atoms with E-state index in [-0.39, 0.29) is 23.7 Å². The highest BCUT2D eigenvalue weighted by Crippen LogP contribution is 2.42. The lowest BCUT2D eigenvalue weighted by Crippen LogP contribution is -2.40. The van der Waals surface area contributed by atoms with E-state index < -0.39 is 0 Å². The number of rotatable bonds is 7. The van der Waals surface area contributed by atoms with Crippen molar-refractivity contribution in [2.24, 2.45) is 17.8 Å². The Morgan fingerprint density at radius 2 is 1.81 bits per heavy atom. The van der Waals surface area contributed by atoms with Gasteiger partial charge >= 0.3 is 0 Å². The number of carbonyl (C=O) groups excluding carboxylic acids is 2. The van der Waals surface area contributed by atoms with E-state index in [2.05, 4.69) is 37.3 Å². The Labute approximate surface area is 157 Å². The first kappa shape index (κ1) is 18.9. The third kappa shape index (κ3) is 4.66. The van der Waals surface area contributed by atoms with Crippen LogP contribution in [0, 0.1) is 17.8 Å². The van der Waals surface area contributed by atoms with Crippen molar-refractivity contribution >= 4 is 11.8 Å². The fraction of sp³-hybridized carbons (Fsp3) is 0.636. The molecule has 0 bridgehead atoms. The summed E-state index contributed by atoms with van der Waals surface area (Å²) in [6, 6.07) is 10.6. The van der Waals surface area contributed by atoms with E-state index in [0.717, 1.165) is 58.2 Å². The van der Waals surface area contributed by atoms with Gasteiger partial charge in [0.05, 0.1) is 11.8 Å². The second kappa shape index (κ2) is 8.70. The molecule has 4 nitrogen and oxygen atoms in total. The highest BCUT2D eigenvalue weighted by molar-refractivity contribution is 5.92. The summed E-state index contributed by atoms with van der Waals surface area (Å²) >= 11 is 0. The van der Waals surface area contributed by atoms with E-state index in [4.69, 9.17) is 0 Å². The van der Waals surface area contributed by atoms with Crippen molar-refractivity contribution in [2.45, 2.75) is 45.4 Å². The third-order valence-corrected chi connectivity index (χ3v) is 5.94. The molecular weight excluding hydrogens is 324 g/mol. The summed E-state index contributed by atoms with van der Waals surface area (Å²) in [7, 11) is 1.87. The smallest absolute Gasteiger partial charge is 0.226 e. The van der Waals surface area contributed by atoms with Crippen LogP contribution in [0.1, 0.15) is 44.6 Å². The maximum atomic E-state index is 12.7. The molecule has 142 valence electrons. The van der Waals surface area contributed by atoms with Crippen molar-refractivity contribution in [2.75, 3.05) is 26.7 Å². The number of hydrogen-bond donors (Lipinski definition) is 0. The molecule has 0 N–H and O–H groups in total. The minimum Gasteiger partial charge on any atom is -0.346 e. The Morgan fingerprint density at radius 3 is 2.46 bits per heavy atom. The second-order valence-electron chi connectivity index (χ2n) is 8.02. The first-order valence-electron chi connectivity index (χ1n) is 10.2. The maximum Gasteiger partial charge on any atom is 0.226 e. The summed E-state index contributed by atoms with van der Waals surface area (Å²) in [4.78, 5) is 29.0. The van der Waals surface area contributed by atoms with E-state index in [1.807, 2.05) is 16.8 Å². The minimum atomic E-state index is -0.0635. The van der Waals surface area contributed by atoms with Gasteiger partial charge in [-0.3, -0.25) is 9.59 Å². The van der Waals surface area contributed by atoms with Gasteiger partial charge in [0.15, 0.2) is 0 Å². The van der Waals surface area contributed by atoms with Crippen molar-refractivity contribution in [3.05, 3.63) is 35.9 Å². The Hall–Kier alpha value is -1.84. The van der Waals surface area contributed by atoms with Crippen LogP contribution in [0.15, 0.2) is 30.3 Å². The van der Waals surface area contributed by atoms with Crippen LogP contribution in [0.3, 0.4) is 0 Å². The Balaban J connectivity index is 1.42. The monoisotopic (exact) mass is 356 g/mol. The van der Waals surface area contributed by atoms with Crippen LogP contribution < -0.4 is 0 Å². The fourth-order valence-corrected chi connectivity index (χ4v) is 4.07. The van der Waals surface area contributed by atoms with Crippen LogP contribution in [0.4, 0.5) is 0 Å². The van der Waals surface area contributed by atoms with Crippen molar-refractivity contribution in [3.63, 3.8) is 0 Å². The number of benzene rings is 1. The molecule has 2 atom stereocenters. The molecule has 2 fully saturated rings. The SMILES string of the molecule is CCCCN(C)C(=O)C1CC1C(=O)N1CCC(Cc2ccccc2)CC1. The first-order valence-corrected chi connectivity index (χ1v) is 10.2. The molecule has 0 spiro atoms. The van der Waals surface area contributed by atoms with Gasteiger partial charge in [-0.1, -0.05) is 43.7 Å². The Kier molecular flexibility index (Phi) is 6.33. The van der Waals surface area contributed by atoms with Gasteiger partial charge < -0.3 is 9.80 Å². The molecule has 1 aromatic rings. The van der Waals surface area contributed by atoms with Gasteiger partial charge in [0.25, 0.3) is 0 Å². The number of amides is 2. The molecule has 0 aromatic heterocycles. The van der Waals surface area contributed by atoms with Crippen molar-refractivity contribution in [3.8, 4) is 0 Å². The summed E-state index contributed by atoms with van der Waals surface area (Å²) < 4.78 is 0. The lowest BCUT2D eigenvalue weighted by atomic mass is 9.90. The molecular formula is C22H32N2O2. The lowest BCUT2D eigenvalue weighted by molar-refractivity contribution is -0.138. The highest BCUT2D eigenvalue weighted by Gasteiger charge is 2.50. The van der Waals surface area contributed by atoms with Crippen LogP contribution >= 0.6 is 0 Å². The summed E-state index contributed by atoms with van der Waals surface area (Å²) in [6.45, 7) is 4.62. The third-order valence-electron chi connectivity index (χ3n) is 5.94. The molecule has 26 heavy (non-hydrogen) atoms. The number of hydrogen-bond acceptors (Lipinski definition) is 2. The zero-order chi connectivity index (χ0) is 18.5. The molecule has 4 heteroatoms. The molecule has 3 rings (SSSR count). The molecule has 1 aromatic carbocycles. The predicted octanol–water partition coefficient (Wildman–Crippen LogP) is 3.36. The average molecular weight is 357 g/mol. The van der Waals surface area contributed by atoms with Gasteiger partial charge in [0.1, 0.15) is 0 Å². The minimum absolute atomic E-state index is 0.0581. The van der Waals surface area contributed by atoms with Gasteiger partial charge in [-0.05, 0) is 43.6 Å². The topological polar surface area (TPSA) is 40.6 Å². The normalized spacial score (nSPS) is 22.9. The number of carbonyl (C=O) groups is 2. The van der Waals surface area contributed by atoms with E-state index in [0.29, 0.717) is 5.92 Å². The van der Waals surface area contributed by atoms with Crippen molar-refractivity contribution < 1.29 is 9.59 Å². The molecule has 2 aliphatic rings. The largest absolute Gasteiger partial charge is 0.346 e. The molecule has 1 aliphatic carbocycles. The number of piperidine rings is 1. The second-order valence-corrected chi connectivity index (χ2v) is 8.02. The van der Waals surface area contributed by atoms with Gasteiger partial charge in [0, 0.05) is 26.7 Å².